The number of methoxy groups -OCH3 is 1. The van der Waals surface area contributed by atoms with Gasteiger partial charge in [0, 0.05) is 18.4 Å². The number of nitrogens with zero attached hydrogens (tertiary/aromatic N) is 1. The first-order valence-electron chi connectivity index (χ1n) is 7.48. The number of amides is 1. The van der Waals surface area contributed by atoms with Gasteiger partial charge in [-0.25, -0.2) is 4.98 Å². The van der Waals surface area contributed by atoms with E-state index in [9.17, 15) is 9.59 Å². The molecule has 24 heavy (non-hydrogen) atoms. The number of carbonyl (C=O) groups is 2. The maximum absolute atomic E-state index is 12.0. The number of carbonyl (C=O) groups excluding carboxylic acids is 2. The normalized spacial score (nSPS) is 10.5. The molecule has 0 saturated heterocycles. The van der Waals surface area contributed by atoms with Crippen LogP contribution in [0.25, 0.3) is 10.2 Å². The molecule has 0 atom stereocenters. The van der Waals surface area contributed by atoms with Crippen molar-refractivity contribution < 1.29 is 14.3 Å². The summed E-state index contributed by atoms with van der Waals surface area (Å²) in [6.07, 6.45) is 0.307. The standard InChI is InChI=1S/C18H16N2O3S/c1-23-13-7-8-14-16(11-13)24-18(19-14)20-17(22)10-9-15(21)12-5-3-2-4-6-12/h2-8,11H,9-10H2,1H3,(H,19,20,22). The Hall–Kier alpha value is -2.73. The van der Waals surface area contributed by atoms with E-state index in [1.54, 1.807) is 19.2 Å². The van der Waals surface area contributed by atoms with Gasteiger partial charge in [-0.1, -0.05) is 41.7 Å². The summed E-state index contributed by atoms with van der Waals surface area (Å²) in [5.74, 6) is 0.488. The molecule has 1 amide bonds. The predicted octanol–water partition coefficient (Wildman–Crippen LogP) is 3.91. The number of fused-ring (bicyclic) bond motifs is 1. The Morgan fingerprint density at radius 3 is 2.67 bits per heavy atom. The number of hydrogen-bond acceptors (Lipinski definition) is 5. The first kappa shape index (κ1) is 16.1. The number of ether oxygens (including phenoxy) is 1. The minimum Gasteiger partial charge on any atom is -0.497 e. The van der Waals surface area contributed by atoms with Crippen molar-refractivity contribution in [3.63, 3.8) is 0 Å². The molecule has 1 heterocycles. The van der Waals surface area contributed by atoms with Gasteiger partial charge in [-0.05, 0) is 18.2 Å². The Morgan fingerprint density at radius 1 is 1.12 bits per heavy atom. The zero-order chi connectivity index (χ0) is 16.9. The number of aromatic nitrogens is 1. The summed E-state index contributed by atoms with van der Waals surface area (Å²) in [6.45, 7) is 0. The Kier molecular flexibility index (Phi) is 4.86. The second kappa shape index (κ2) is 7.23. The number of nitrogens with one attached hydrogen (secondary N) is 1. The molecule has 0 bridgehead atoms. The second-order valence-electron chi connectivity index (χ2n) is 5.19. The largest absolute Gasteiger partial charge is 0.497 e. The molecule has 0 aliphatic carbocycles. The molecular weight excluding hydrogens is 324 g/mol. The summed E-state index contributed by atoms with van der Waals surface area (Å²) < 4.78 is 6.11. The van der Waals surface area contributed by atoms with E-state index in [1.165, 1.54) is 11.3 Å². The van der Waals surface area contributed by atoms with Crippen LogP contribution >= 0.6 is 11.3 Å². The summed E-state index contributed by atoms with van der Waals surface area (Å²) in [5, 5.41) is 3.27. The van der Waals surface area contributed by atoms with Crippen molar-refractivity contribution in [1.82, 2.24) is 4.98 Å². The lowest BCUT2D eigenvalue weighted by Crippen LogP contribution is -2.13. The Labute approximate surface area is 143 Å². The van der Waals surface area contributed by atoms with E-state index in [0.29, 0.717) is 10.7 Å². The van der Waals surface area contributed by atoms with Gasteiger partial charge in [-0.15, -0.1) is 0 Å². The van der Waals surface area contributed by atoms with Crippen molar-refractivity contribution in [2.24, 2.45) is 0 Å². The van der Waals surface area contributed by atoms with Crippen LogP contribution in [0, 0.1) is 0 Å². The van der Waals surface area contributed by atoms with Crippen LogP contribution in [0.5, 0.6) is 5.75 Å². The van der Waals surface area contributed by atoms with Gasteiger partial charge in [0.15, 0.2) is 10.9 Å². The summed E-state index contributed by atoms with van der Waals surface area (Å²) in [5.41, 5.74) is 1.42. The Balaban J connectivity index is 1.59. The van der Waals surface area contributed by atoms with Gasteiger partial charge >= 0.3 is 0 Å². The minimum absolute atomic E-state index is 0.0419. The summed E-state index contributed by atoms with van der Waals surface area (Å²) in [4.78, 5) is 28.4. The second-order valence-corrected chi connectivity index (χ2v) is 6.22. The number of benzene rings is 2. The first-order chi connectivity index (χ1) is 11.7. The molecule has 0 radical (unpaired) electrons. The molecule has 5 nitrogen and oxygen atoms in total. The van der Waals surface area contributed by atoms with E-state index < -0.39 is 0 Å². The van der Waals surface area contributed by atoms with Crippen molar-refractivity contribution in [2.45, 2.75) is 12.8 Å². The molecule has 2 aromatic carbocycles. The number of ketones is 1. The number of thiazole rings is 1. The molecule has 0 aliphatic rings. The van der Waals surface area contributed by atoms with Crippen LogP contribution in [-0.4, -0.2) is 23.8 Å². The molecule has 0 fully saturated rings. The molecule has 1 N–H and O–H groups in total. The third-order valence-corrected chi connectivity index (χ3v) is 4.45. The van der Waals surface area contributed by atoms with Gasteiger partial charge in [0.2, 0.25) is 5.91 Å². The minimum atomic E-state index is -0.217. The number of anilines is 1. The van der Waals surface area contributed by atoms with Gasteiger partial charge in [0.25, 0.3) is 0 Å². The highest BCUT2D eigenvalue weighted by Gasteiger charge is 2.11. The average Bonchev–Trinajstić information content (AvgIpc) is 3.01. The molecule has 0 saturated carbocycles. The lowest BCUT2D eigenvalue weighted by molar-refractivity contribution is -0.116. The molecule has 1 aromatic heterocycles. The summed E-state index contributed by atoms with van der Waals surface area (Å²) >= 11 is 1.38. The number of hydrogen-bond donors (Lipinski definition) is 1. The monoisotopic (exact) mass is 340 g/mol. The van der Waals surface area contributed by atoms with E-state index in [4.69, 9.17) is 4.74 Å². The SMILES string of the molecule is COc1ccc2nc(NC(=O)CCC(=O)c3ccccc3)sc2c1. The third kappa shape index (κ3) is 3.78. The van der Waals surface area contributed by atoms with Gasteiger partial charge in [-0.2, -0.15) is 0 Å². The number of rotatable bonds is 6. The third-order valence-electron chi connectivity index (χ3n) is 3.52. The van der Waals surface area contributed by atoms with Gasteiger partial charge in [-0.3, -0.25) is 9.59 Å². The molecule has 3 rings (SSSR count). The van der Waals surface area contributed by atoms with Crippen LogP contribution in [0.4, 0.5) is 5.13 Å². The van der Waals surface area contributed by atoms with Crippen LogP contribution < -0.4 is 10.1 Å². The van der Waals surface area contributed by atoms with E-state index in [0.717, 1.165) is 16.0 Å². The smallest absolute Gasteiger partial charge is 0.226 e. The van der Waals surface area contributed by atoms with Crippen molar-refractivity contribution in [1.29, 1.82) is 0 Å². The Morgan fingerprint density at radius 2 is 1.92 bits per heavy atom. The van der Waals surface area contributed by atoms with Crippen molar-refractivity contribution in [3.8, 4) is 5.75 Å². The first-order valence-corrected chi connectivity index (χ1v) is 8.30. The molecule has 6 heteroatoms. The van der Waals surface area contributed by atoms with Crippen LogP contribution in [0.2, 0.25) is 0 Å². The maximum atomic E-state index is 12.0. The summed E-state index contributed by atoms with van der Waals surface area (Å²) in [7, 11) is 1.61. The van der Waals surface area contributed by atoms with Crippen LogP contribution in [0.3, 0.4) is 0 Å². The van der Waals surface area contributed by atoms with Gasteiger partial charge in [0.1, 0.15) is 5.75 Å². The Bertz CT molecular complexity index is 874. The van der Waals surface area contributed by atoms with E-state index in [2.05, 4.69) is 10.3 Å². The molecule has 0 aliphatic heterocycles. The highest BCUT2D eigenvalue weighted by Crippen LogP contribution is 2.29. The summed E-state index contributed by atoms with van der Waals surface area (Å²) in [6, 6.07) is 14.5. The topological polar surface area (TPSA) is 68.3 Å². The fraction of sp³-hybridized carbons (Fsp3) is 0.167. The molecule has 122 valence electrons. The highest BCUT2D eigenvalue weighted by molar-refractivity contribution is 7.22. The highest BCUT2D eigenvalue weighted by atomic mass is 32.1. The van der Waals surface area contributed by atoms with Crippen LogP contribution in [0.1, 0.15) is 23.2 Å². The van der Waals surface area contributed by atoms with Crippen molar-refractivity contribution in [2.75, 3.05) is 12.4 Å². The fourth-order valence-corrected chi connectivity index (χ4v) is 3.17. The van der Waals surface area contributed by atoms with E-state index in [1.807, 2.05) is 36.4 Å². The zero-order valence-corrected chi connectivity index (χ0v) is 13.9. The van der Waals surface area contributed by atoms with Crippen molar-refractivity contribution >= 4 is 38.4 Å². The average molecular weight is 340 g/mol. The molecular formula is C18H16N2O3S. The lowest BCUT2D eigenvalue weighted by Gasteiger charge is -2.01. The van der Waals surface area contributed by atoms with Crippen molar-refractivity contribution in [3.05, 3.63) is 54.1 Å². The van der Waals surface area contributed by atoms with E-state index in [-0.39, 0.29) is 24.5 Å². The maximum Gasteiger partial charge on any atom is 0.226 e. The van der Waals surface area contributed by atoms with Gasteiger partial charge in [0.05, 0.1) is 17.3 Å². The molecule has 0 unspecified atom stereocenters. The van der Waals surface area contributed by atoms with Crippen LogP contribution in [0.15, 0.2) is 48.5 Å². The van der Waals surface area contributed by atoms with Crippen LogP contribution in [-0.2, 0) is 4.79 Å². The van der Waals surface area contributed by atoms with Gasteiger partial charge < -0.3 is 10.1 Å². The zero-order valence-electron chi connectivity index (χ0n) is 13.1. The number of Topliss-reactive ketones (excluding diaryl/α,β-unsaturated/α-hetero) is 1. The molecule has 0 spiro atoms. The lowest BCUT2D eigenvalue weighted by atomic mass is 10.1. The fourth-order valence-electron chi connectivity index (χ4n) is 2.26. The predicted molar refractivity (Wildman–Crippen MR) is 94.8 cm³/mol. The van der Waals surface area contributed by atoms with E-state index >= 15 is 0 Å². The molecule has 3 aromatic rings. The quantitative estimate of drug-likeness (QED) is 0.691.